The van der Waals surface area contributed by atoms with Gasteiger partial charge in [0.15, 0.2) is 5.69 Å². The topological polar surface area (TPSA) is 68.2 Å². The van der Waals surface area contributed by atoms with Crippen LogP contribution in [0.5, 0.6) is 5.88 Å². The number of carbonyl (C=O) groups is 1. The first kappa shape index (κ1) is 18.9. The van der Waals surface area contributed by atoms with Crippen LogP contribution in [0.1, 0.15) is 37.8 Å². The second kappa shape index (κ2) is 8.28. The third-order valence-corrected chi connectivity index (χ3v) is 5.93. The Balaban J connectivity index is 1.92. The monoisotopic (exact) mass is 412 g/mol. The quantitative estimate of drug-likeness (QED) is 0.553. The van der Waals surface area contributed by atoms with E-state index in [1.165, 1.54) is 11.8 Å². The van der Waals surface area contributed by atoms with Gasteiger partial charge in [-0.1, -0.05) is 49.9 Å². The number of amides is 1. The smallest absolute Gasteiger partial charge is 0.247 e. The van der Waals surface area contributed by atoms with Gasteiger partial charge in [0.25, 0.3) is 0 Å². The molecule has 4 rings (SSSR count). The summed E-state index contributed by atoms with van der Waals surface area (Å²) in [4.78, 5) is 20.4. The van der Waals surface area contributed by atoms with Crippen LogP contribution < -0.4 is 9.64 Å². The number of fused-ring (bicyclic) bond motifs is 3. The summed E-state index contributed by atoms with van der Waals surface area (Å²) in [6.07, 6.45) is 0.612. The molecule has 0 N–H and O–H groups in total. The normalized spacial score (nSPS) is 15.4. The second-order valence-electron chi connectivity index (χ2n) is 6.20. The van der Waals surface area contributed by atoms with Gasteiger partial charge >= 0.3 is 0 Å². The van der Waals surface area contributed by atoms with Crippen LogP contribution in [0.4, 0.5) is 5.69 Å². The predicted molar refractivity (Wildman–Crippen MR) is 112 cm³/mol. The van der Waals surface area contributed by atoms with Crippen molar-refractivity contribution in [2.75, 3.05) is 10.7 Å². The first-order valence-electron chi connectivity index (χ1n) is 9.22. The highest BCUT2D eigenvalue weighted by molar-refractivity contribution is 7.99. The van der Waals surface area contributed by atoms with E-state index in [1.54, 1.807) is 16.2 Å². The lowest BCUT2D eigenvalue weighted by Gasteiger charge is -2.29. The van der Waals surface area contributed by atoms with Gasteiger partial charge in [0.05, 0.1) is 10.6 Å². The molecule has 3 heterocycles. The standard InChI is InChI=1S/C20H20N4O2S2/c1-3-8-16(25)24-14-10-6-5-9-13(14)17-18(21-20(23-22-17)27-4-2)26-19(24)15-11-7-12-28-15/h5-7,9-12,19H,3-4,8H2,1-2H3/t19-/m0/s1. The molecule has 1 aliphatic rings. The first-order chi connectivity index (χ1) is 13.7. The molecule has 0 saturated carbocycles. The van der Waals surface area contributed by atoms with Crippen molar-refractivity contribution in [3.05, 3.63) is 46.7 Å². The average molecular weight is 413 g/mol. The number of thiophene rings is 1. The lowest BCUT2D eigenvalue weighted by Crippen LogP contribution is -2.37. The van der Waals surface area contributed by atoms with Crippen molar-refractivity contribution in [3.8, 4) is 17.1 Å². The number of para-hydroxylation sites is 1. The number of ether oxygens (including phenoxy) is 1. The van der Waals surface area contributed by atoms with E-state index in [-0.39, 0.29) is 5.91 Å². The molecule has 1 amide bonds. The molecule has 0 saturated heterocycles. The zero-order valence-corrected chi connectivity index (χ0v) is 17.3. The molecule has 6 nitrogen and oxygen atoms in total. The van der Waals surface area contributed by atoms with Gasteiger partial charge in [0, 0.05) is 12.0 Å². The van der Waals surface area contributed by atoms with Gasteiger partial charge in [0.1, 0.15) is 0 Å². The number of carbonyl (C=O) groups excluding carboxylic acids is 1. The Kier molecular flexibility index (Phi) is 5.59. The number of aromatic nitrogens is 3. The molecule has 0 fully saturated rings. The molecular formula is C20H20N4O2S2. The van der Waals surface area contributed by atoms with Crippen LogP contribution in [0.2, 0.25) is 0 Å². The van der Waals surface area contributed by atoms with Crippen molar-refractivity contribution in [1.82, 2.24) is 15.2 Å². The Morgan fingerprint density at radius 2 is 2.07 bits per heavy atom. The van der Waals surface area contributed by atoms with Crippen LogP contribution in [0.15, 0.2) is 46.9 Å². The number of hydrogen-bond acceptors (Lipinski definition) is 7. The minimum Gasteiger partial charge on any atom is -0.446 e. The molecule has 1 atom stereocenters. The molecule has 0 aliphatic carbocycles. The molecule has 0 bridgehead atoms. The summed E-state index contributed by atoms with van der Waals surface area (Å²) in [6.45, 7) is 4.04. The molecule has 3 aromatic rings. The number of hydrogen-bond donors (Lipinski definition) is 0. The van der Waals surface area contributed by atoms with Gasteiger partial charge in [-0.15, -0.1) is 21.5 Å². The molecular weight excluding hydrogens is 392 g/mol. The molecule has 28 heavy (non-hydrogen) atoms. The number of nitrogens with zero attached hydrogens (tertiary/aromatic N) is 4. The Hall–Kier alpha value is -2.45. The second-order valence-corrected chi connectivity index (χ2v) is 8.41. The lowest BCUT2D eigenvalue weighted by molar-refractivity contribution is -0.120. The molecule has 0 unspecified atom stereocenters. The van der Waals surface area contributed by atoms with E-state index in [2.05, 4.69) is 15.2 Å². The third kappa shape index (κ3) is 3.49. The van der Waals surface area contributed by atoms with Gasteiger partial charge in [-0.25, -0.2) is 0 Å². The van der Waals surface area contributed by atoms with E-state index in [0.717, 1.165) is 28.3 Å². The first-order valence-corrected chi connectivity index (χ1v) is 11.1. The lowest BCUT2D eigenvalue weighted by atomic mass is 10.1. The summed E-state index contributed by atoms with van der Waals surface area (Å²) >= 11 is 3.06. The van der Waals surface area contributed by atoms with E-state index >= 15 is 0 Å². The fraction of sp³-hybridized carbons (Fsp3) is 0.300. The van der Waals surface area contributed by atoms with E-state index in [9.17, 15) is 4.79 Å². The van der Waals surface area contributed by atoms with Crippen molar-refractivity contribution < 1.29 is 9.53 Å². The summed E-state index contributed by atoms with van der Waals surface area (Å²) in [5, 5.41) is 11.2. The van der Waals surface area contributed by atoms with E-state index < -0.39 is 6.23 Å². The van der Waals surface area contributed by atoms with Gasteiger partial charge in [0.2, 0.25) is 23.2 Å². The molecule has 0 radical (unpaired) electrons. The van der Waals surface area contributed by atoms with Gasteiger partial charge in [-0.2, -0.15) is 4.98 Å². The van der Waals surface area contributed by atoms with Crippen LogP contribution in [-0.2, 0) is 4.79 Å². The van der Waals surface area contributed by atoms with Crippen molar-refractivity contribution in [2.24, 2.45) is 0 Å². The molecule has 144 valence electrons. The number of anilines is 1. The summed E-state index contributed by atoms with van der Waals surface area (Å²) in [5.41, 5.74) is 2.13. The minimum absolute atomic E-state index is 0.0114. The van der Waals surface area contributed by atoms with Crippen molar-refractivity contribution >= 4 is 34.7 Å². The van der Waals surface area contributed by atoms with Crippen LogP contribution >= 0.6 is 23.1 Å². The van der Waals surface area contributed by atoms with Gasteiger partial charge in [-0.3, -0.25) is 9.69 Å². The summed E-state index contributed by atoms with van der Waals surface area (Å²) < 4.78 is 6.34. The predicted octanol–water partition coefficient (Wildman–Crippen LogP) is 4.94. The number of rotatable bonds is 5. The van der Waals surface area contributed by atoms with Crippen LogP contribution in [0, 0.1) is 0 Å². The van der Waals surface area contributed by atoms with Crippen molar-refractivity contribution in [1.29, 1.82) is 0 Å². The fourth-order valence-electron chi connectivity index (χ4n) is 3.12. The Morgan fingerprint density at radius 1 is 1.21 bits per heavy atom. The molecule has 1 aliphatic heterocycles. The van der Waals surface area contributed by atoms with E-state index in [1.807, 2.05) is 55.6 Å². The molecule has 1 aromatic carbocycles. The van der Waals surface area contributed by atoms with Crippen LogP contribution in [-0.4, -0.2) is 26.8 Å². The van der Waals surface area contributed by atoms with Gasteiger partial charge < -0.3 is 4.74 Å². The third-order valence-electron chi connectivity index (χ3n) is 4.30. The number of thioether (sulfide) groups is 1. The molecule has 8 heteroatoms. The fourth-order valence-corrected chi connectivity index (χ4v) is 4.37. The highest BCUT2D eigenvalue weighted by Gasteiger charge is 2.35. The summed E-state index contributed by atoms with van der Waals surface area (Å²) in [6, 6.07) is 11.6. The highest BCUT2D eigenvalue weighted by Crippen LogP contribution is 2.44. The average Bonchev–Trinajstić information content (AvgIpc) is 3.19. The van der Waals surface area contributed by atoms with Crippen LogP contribution in [0.3, 0.4) is 0 Å². The maximum atomic E-state index is 13.1. The Bertz CT molecular complexity index is 978. The summed E-state index contributed by atoms with van der Waals surface area (Å²) in [5.74, 6) is 1.26. The van der Waals surface area contributed by atoms with Crippen molar-refractivity contribution in [3.63, 3.8) is 0 Å². The Labute approximate surface area is 172 Å². The number of benzene rings is 1. The molecule has 0 spiro atoms. The Morgan fingerprint density at radius 3 is 2.82 bits per heavy atom. The maximum absolute atomic E-state index is 13.1. The zero-order chi connectivity index (χ0) is 19.5. The molecule has 2 aromatic heterocycles. The van der Waals surface area contributed by atoms with Crippen molar-refractivity contribution in [2.45, 2.75) is 38.1 Å². The zero-order valence-electron chi connectivity index (χ0n) is 15.7. The SMILES string of the molecule is CCCC(=O)N1c2ccccc2-c2nnc(SCC)nc2O[C@H]1c1cccs1. The van der Waals surface area contributed by atoms with E-state index in [0.29, 0.717) is 23.2 Å². The highest BCUT2D eigenvalue weighted by atomic mass is 32.2. The summed E-state index contributed by atoms with van der Waals surface area (Å²) in [7, 11) is 0. The largest absolute Gasteiger partial charge is 0.446 e. The van der Waals surface area contributed by atoms with E-state index in [4.69, 9.17) is 4.74 Å². The van der Waals surface area contributed by atoms with Gasteiger partial charge in [-0.05, 0) is 29.7 Å². The maximum Gasteiger partial charge on any atom is 0.247 e. The van der Waals surface area contributed by atoms with Crippen LogP contribution in [0.25, 0.3) is 11.3 Å². The minimum atomic E-state index is -0.586.